The van der Waals surface area contributed by atoms with Gasteiger partial charge in [0.05, 0.1) is 0 Å². The predicted octanol–water partition coefficient (Wildman–Crippen LogP) is 10.6. The third kappa shape index (κ3) is 3.85. The summed E-state index contributed by atoms with van der Waals surface area (Å²) in [6.07, 6.45) is 0. The number of halogens is 3. The van der Waals surface area contributed by atoms with E-state index in [9.17, 15) is 0 Å². The summed E-state index contributed by atoms with van der Waals surface area (Å²) in [5.41, 5.74) is 12.7. The zero-order valence-corrected chi connectivity index (χ0v) is 24.8. The molecule has 0 heterocycles. The summed E-state index contributed by atoms with van der Waals surface area (Å²) >= 11 is 10.7. The molecule has 4 aromatic rings. The van der Waals surface area contributed by atoms with E-state index in [0.717, 1.165) is 13.4 Å². The number of hydrogen-bond acceptors (Lipinski definition) is 0. The molecule has 0 amide bonds. The summed E-state index contributed by atoms with van der Waals surface area (Å²) in [6.45, 7) is 11.4. The molecule has 2 aliphatic carbocycles. The van der Waals surface area contributed by atoms with E-state index in [-0.39, 0.29) is 10.8 Å². The first-order valence-corrected chi connectivity index (χ1v) is 13.9. The van der Waals surface area contributed by atoms with Crippen molar-refractivity contribution in [3.63, 3.8) is 0 Å². The van der Waals surface area contributed by atoms with Gasteiger partial charge in [-0.2, -0.15) is 0 Å². The van der Waals surface area contributed by atoms with Crippen LogP contribution in [0.15, 0.2) is 86.2 Å². The highest BCUT2D eigenvalue weighted by molar-refractivity contribution is 9.11. The van der Waals surface area contributed by atoms with E-state index in [1.165, 1.54) is 50.1 Å². The van der Waals surface area contributed by atoms with Crippen molar-refractivity contribution in [1.29, 1.82) is 0 Å². The van der Waals surface area contributed by atoms with Gasteiger partial charge in [0.15, 0.2) is 0 Å². The van der Waals surface area contributed by atoms with Gasteiger partial charge in [-0.15, -0.1) is 0 Å². The molecule has 0 saturated carbocycles. The van der Waals surface area contributed by atoms with Crippen molar-refractivity contribution in [2.45, 2.75) is 45.4 Å². The SMILES string of the molecule is CC1(C)c2cc(Br)ccc2-c2ccc(Br)cc21.Cc1ccc2c(c1)C(C)(C)c1cc(Br)ccc1-2. The van der Waals surface area contributed by atoms with Gasteiger partial charge in [-0.05, 0) is 87.8 Å². The van der Waals surface area contributed by atoms with Crippen molar-refractivity contribution in [2.24, 2.45) is 0 Å². The Kier molecular flexibility index (Phi) is 5.98. The Morgan fingerprint density at radius 1 is 0.441 bits per heavy atom. The minimum atomic E-state index is 0.0816. The fourth-order valence-corrected chi connectivity index (χ4v) is 6.59. The topological polar surface area (TPSA) is 0 Å². The van der Waals surface area contributed by atoms with E-state index in [0.29, 0.717) is 0 Å². The Balaban J connectivity index is 0.000000142. The molecule has 0 radical (unpaired) electrons. The summed E-state index contributed by atoms with van der Waals surface area (Å²) in [4.78, 5) is 0. The van der Waals surface area contributed by atoms with E-state index >= 15 is 0 Å². The lowest BCUT2D eigenvalue weighted by molar-refractivity contribution is 0.659. The molecule has 0 aromatic heterocycles. The van der Waals surface area contributed by atoms with Crippen LogP contribution in [0.4, 0.5) is 0 Å². The Morgan fingerprint density at radius 3 is 1.09 bits per heavy atom. The first-order valence-electron chi connectivity index (χ1n) is 11.5. The van der Waals surface area contributed by atoms with Gasteiger partial charge in [0.2, 0.25) is 0 Å². The highest BCUT2D eigenvalue weighted by Crippen LogP contribution is 2.50. The standard InChI is InChI=1S/C16H15Br.C15H12Br2/c1-10-4-6-12-13-7-5-11(17)9-15(13)16(2,3)14(12)8-10;1-15(2)13-7-9(16)3-5-11(13)12-6-4-10(17)8-14(12)15/h4-9H,1-3H3;3-8H,1-2H3. The van der Waals surface area contributed by atoms with Gasteiger partial charge in [0.1, 0.15) is 0 Å². The maximum Gasteiger partial charge on any atom is 0.0178 e. The van der Waals surface area contributed by atoms with E-state index in [1.54, 1.807) is 0 Å². The second-order valence-corrected chi connectivity index (χ2v) is 13.1. The lowest BCUT2D eigenvalue weighted by atomic mass is 9.82. The Labute approximate surface area is 228 Å². The normalized spacial score (nSPS) is 15.5. The minimum absolute atomic E-state index is 0.0816. The molecule has 6 rings (SSSR count). The van der Waals surface area contributed by atoms with Crippen molar-refractivity contribution >= 4 is 47.8 Å². The Bertz CT molecular complexity index is 1230. The third-order valence-corrected chi connectivity index (χ3v) is 8.87. The summed E-state index contributed by atoms with van der Waals surface area (Å²) in [5.74, 6) is 0. The van der Waals surface area contributed by atoms with Crippen LogP contribution in [0.3, 0.4) is 0 Å². The zero-order chi connectivity index (χ0) is 24.4. The van der Waals surface area contributed by atoms with Gasteiger partial charge in [-0.3, -0.25) is 0 Å². The predicted molar refractivity (Wildman–Crippen MR) is 156 cm³/mol. The molecule has 0 N–H and O–H groups in total. The van der Waals surface area contributed by atoms with Gasteiger partial charge < -0.3 is 0 Å². The monoisotopic (exact) mass is 636 g/mol. The molecule has 0 aliphatic heterocycles. The molecule has 0 fully saturated rings. The number of fused-ring (bicyclic) bond motifs is 6. The van der Waals surface area contributed by atoms with Crippen LogP contribution in [0.2, 0.25) is 0 Å². The number of rotatable bonds is 0. The first kappa shape index (κ1) is 24.0. The van der Waals surface area contributed by atoms with Gasteiger partial charge >= 0.3 is 0 Å². The average molecular weight is 639 g/mol. The number of hydrogen-bond donors (Lipinski definition) is 0. The maximum absolute atomic E-state index is 3.58. The molecular weight excluding hydrogens is 612 g/mol. The third-order valence-electron chi connectivity index (χ3n) is 7.39. The van der Waals surface area contributed by atoms with Crippen molar-refractivity contribution in [2.75, 3.05) is 0 Å². The second-order valence-electron chi connectivity index (χ2n) is 10.4. The highest BCUT2D eigenvalue weighted by atomic mass is 79.9. The lowest BCUT2D eigenvalue weighted by Gasteiger charge is -2.21. The molecule has 0 spiro atoms. The van der Waals surface area contributed by atoms with E-state index < -0.39 is 0 Å². The summed E-state index contributed by atoms with van der Waals surface area (Å²) in [6, 6.07) is 26.5. The van der Waals surface area contributed by atoms with Crippen molar-refractivity contribution in [3.05, 3.63) is 114 Å². The molecule has 172 valence electrons. The molecular formula is C31H27Br3. The quantitative estimate of drug-likeness (QED) is 0.180. The summed E-state index contributed by atoms with van der Waals surface area (Å²) < 4.78 is 3.46. The molecule has 0 saturated heterocycles. The second kappa shape index (κ2) is 8.47. The van der Waals surface area contributed by atoms with Crippen LogP contribution in [0.1, 0.15) is 55.5 Å². The van der Waals surface area contributed by atoms with Crippen LogP contribution >= 0.6 is 47.8 Å². The average Bonchev–Trinajstić information content (AvgIpc) is 3.13. The fourth-order valence-electron chi connectivity index (χ4n) is 5.51. The van der Waals surface area contributed by atoms with Gasteiger partial charge in [-0.25, -0.2) is 0 Å². The summed E-state index contributed by atoms with van der Waals surface area (Å²) in [5, 5.41) is 0. The minimum Gasteiger partial charge on any atom is -0.0587 e. The van der Waals surface area contributed by atoms with Crippen LogP contribution in [0.25, 0.3) is 22.3 Å². The number of benzene rings is 4. The van der Waals surface area contributed by atoms with Crippen LogP contribution in [-0.4, -0.2) is 0 Å². The zero-order valence-electron chi connectivity index (χ0n) is 20.1. The van der Waals surface area contributed by atoms with Gasteiger partial charge in [0.25, 0.3) is 0 Å². The highest BCUT2D eigenvalue weighted by Gasteiger charge is 2.36. The molecule has 4 aromatic carbocycles. The van der Waals surface area contributed by atoms with Gasteiger partial charge in [0, 0.05) is 24.2 Å². The molecule has 0 unspecified atom stereocenters. The van der Waals surface area contributed by atoms with E-state index in [2.05, 4.69) is 155 Å². The van der Waals surface area contributed by atoms with Gasteiger partial charge in [-0.1, -0.05) is 117 Å². The van der Waals surface area contributed by atoms with E-state index in [1.807, 2.05) is 0 Å². The van der Waals surface area contributed by atoms with Crippen molar-refractivity contribution < 1.29 is 0 Å². The molecule has 34 heavy (non-hydrogen) atoms. The van der Waals surface area contributed by atoms with Crippen molar-refractivity contribution in [1.82, 2.24) is 0 Å². The summed E-state index contributed by atoms with van der Waals surface area (Å²) in [7, 11) is 0. The largest absolute Gasteiger partial charge is 0.0587 e. The first-order chi connectivity index (χ1) is 16.0. The van der Waals surface area contributed by atoms with Crippen LogP contribution < -0.4 is 0 Å². The maximum atomic E-state index is 3.58. The van der Waals surface area contributed by atoms with Crippen LogP contribution in [0.5, 0.6) is 0 Å². The molecule has 2 aliphatic rings. The van der Waals surface area contributed by atoms with Crippen LogP contribution in [-0.2, 0) is 10.8 Å². The molecule has 0 nitrogen and oxygen atoms in total. The van der Waals surface area contributed by atoms with Crippen molar-refractivity contribution in [3.8, 4) is 22.3 Å². The lowest BCUT2D eigenvalue weighted by Crippen LogP contribution is -2.15. The van der Waals surface area contributed by atoms with Crippen LogP contribution in [0, 0.1) is 6.92 Å². The molecule has 0 bridgehead atoms. The Hall–Kier alpha value is -1.68. The molecule has 0 atom stereocenters. The molecule has 3 heteroatoms. The Morgan fingerprint density at radius 2 is 0.735 bits per heavy atom. The number of aryl methyl sites for hydroxylation is 1. The smallest absolute Gasteiger partial charge is 0.0178 e. The van der Waals surface area contributed by atoms with E-state index in [4.69, 9.17) is 0 Å². The fraction of sp³-hybridized carbons (Fsp3) is 0.226.